The summed E-state index contributed by atoms with van der Waals surface area (Å²) in [6, 6.07) is 0.350. The average Bonchev–Trinajstić information content (AvgIpc) is 2.76. The molecule has 1 aromatic rings. The molecule has 2 N–H and O–H groups in total. The van der Waals surface area contributed by atoms with Gasteiger partial charge in [0.1, 0.15) is 5.82 Å². The first-order valence-corrected chi connectivity index (χ1v) is 7.95. The van der Waals surface area contributed by atoms with Crippen LogP contribution in [0.3, 0.4) is 0 Å². The summed E-state index contributed by atoms with van der Waals surface area (Å²) in [5.74, 6) is 0.593. The molecule has 5 nitrogen and oxygen atoms in total. The minimum absolute atomic E-state index is 0.0703. The average molecular weight is 255 g/mol. The second-order valence-electron chi connectivity index (χ2n) is 5.08. The summed E-state index contributed by atoms with van der Waals surface area (Å²) >= 11 is 0. The van der Waals surface area contributed by atoms with Crippen molar-refractivity contribution in [1.82, 2.24) is 9.78 Å². The van der Waals surface area contributed by atoms with Gasteiger partial charge in [-0.3, -0.25) is 4.68 Å². The summed E-state index contributed by atoms with van der Waals surface area (Å²) in [5, 5.41) is 4.35. The summed E-state index contributed by atoms with van der Waals surface area (Å²) < 4.78 is 25.2. The number of rotatable bonds is 1. The van der Waals surface area contributed by atoms with Crippen molar-refractivity contribution in [2.45, 2.75) is 49.7 Å². The van der Waals surface area contributed by atoms with Gasteiger partial charge in [-0.1, -0.05) is 19.3 Å². The van der Waals surface area contributed by atoms with Gasteiger partial charge >= 0.3 is 0 Å². The van der Waals surface area contributed by atoms with Gasteiger partial charge in [-0.05, 0) is 12.8 Å². The Morgan fingerprint density at radius 2 is 1.88 bits per heavy atom. The van der Waals surface area contributed by atoms with Crippen LogP contribution in [-0.4, -0.2) is 18.2 Å². The van der Waals surface area contributed by atoms with Crippen LogP contribution in [0.15, 0.2) is 0 Å². The van der Waals surface area contributed by atoms with Gasteiger partial charge in [-0.2, -0.15) is 5.10 Å². The number of nitrogens with zero attached hydrogens (tertiary/aromatic N) is 2. The summed E-state index contributed by atoms with van der Waals surface area (Å²) in [6.45, 7) is 0. The predicted molar refractivity (Wildman–Crippen MR) is 65.1 cm³/mol. The normalized spacial score (nSPS) is 23.8. The molecule has 3 rings (SSSR count). The van der Waals surface area contributed by atoms with Crippen LogP contribution in [0.1, 0.15) is 49.4 Å². The molecular formula is C11H17N3O2S. The zero-order valence-corrected chi connectivity index (χ0v) is 10.5. The summed E-state index contributed by atoms with van der Waals surface area (Å²) in [7, 11) is -2.99. The minimum atomic E-state index is -2.99. The third kappa shape index (κ3) is 1.84. The second-order valence-corrected chi connectivity index (χ2v) is 7.14. The zero-order valence-electron chi connectivity index (χ0n) is 9.72. The smallest absolute Gasteiger partial charge is 0.160 e. The SMILES string of the molecule is Nc1nn(C2CCCCC2)c2c1CS(=O)(=O)C2. The van der Waals surface area contributed by atoms with Crippen molar-refractivity contribution in [3.63, 3.8) is 0 Å². The van der Waals surface area contributed by atoms with E-state index in [2.05, 4.69) is 5.10 Å². The molecule has 1 aromatic heterocycles. The molecule has 2 aliphatic rings. The molecule has 0 unspecified atom stereocenters. The highest BCUT2D eigenvalue weighted by Crippen LogP contribution is 2.35. The quantitative estimate of drug-likeness (QED) is 0.822. The molecule has 1 fully saturated rings. The van der Waals surface area contributed by atoms with Crippen LogP contribution in [0, 0.1) is 0 Å². The lowest BCUT2D eigenvalue weighted by Gasteiger charge is -2.23. The van der Waals surface area contributed by atoms with E-state index in [0.29, 0.717) is 11.9 Å². The number of anilines is 1. The van der Waals surface area contributed by atoms with E-state index < -0.39 is 9.84 Å². The third-order valence-electron chi connectivity index (χ3n) is 3.79. The molecule has 0 atom stereocenters. The first-order valence-electron chi connectivity index (χ1n) is 6.13. The standard InChI is InChI=1S/C11H17N3O2S/c12-11-9-6-17(15,16)7-10(9)14(13-11)8-4-2-1-3-5-8/h8H,1-7H2,(H2,12,13). The molecule has 0 bridgehead atoms. The van der Waals surface area contributed by atoms with Crippen LogP contribution in [-0.2, 0) is 21.3 Å². The van der Waals surface area contributed by atoms with Crippen LogP contribution in [0.2, 0.25) is 0 Å². The number of hydrogen-bond donors (Lipinski definition) is 1. The monoisotopic (exact) mass is 255 g/mol. The fraction of sp³-hybridized carbons (Fsp3) is 0.727. The first-order chi connectivity index (χ1) is 8.07. The topological polar surface area (TPSA) is 78.0 Å². The number of nitrogen functional groups attached to an aromatic ring is 1. The van der Waals surface area contributed by atoms with E-state index in [0.717, 1.165) is 24.1 Å². The van der Waals surface area contributed by atoms with Crippen molar-refractivity contribution in [2.24, 2.45) is 0 Å². The fourth-order valence-corrected chi connectivity index (χ4v) is 4.52. The Balaban J connectivity index is 2.00. The van der Waals surface area contributed by atoms with E-state index in [-0.39, 0.29) is 11.5 Å². The highest BCUT2D eigenvalue weighted by atomic mass is 32.2. The maximum atomic E-state index is 11.6. The number of aromatic nitrogens is 2. The lowest BCUT2D eigenvalue weighted by molar-refractivity contribution is 0.325. The molecule has 94 valence electrons. The van der Waals surface area contributed by atoms with Gasteiger partial charge in [0.2, 0.25) is 0 Å². The van der Waals surface area contributed by atoms with Crippen LogP contribution in [0.4, 0.5) is 5.82 Å². The predicted octanol–water partition coefficient (Wildman–Crippen LogP) is 1.40. The third-order valence-corrected chi connectivity index (χ3v) is 5.23. The van der Waals surface area contributed by atoms with Crippen molar-refractivity contribution < 1.29 is 8.42 Å². The Morgan fingerprint density at radius 3 is 2.59 bits per heavy atom. The summed E-state index contributed by atoms with van der Waals surface area (Å²) in [5.41, 5.74) is 7.41. The van der Waals surface area contributed by atoms with Crippen molar-refractivity contribution in [3.8, 4) is 0 Å². The van der Waals surface area contributed by atoms with E-state index in [1.54, 1.807) is 0 Å². The summed E-state index contributed by atoms with van der Waals surface area (Å²) in [4.78, 5) is 0. The molecule has 0 amide bonds. The van der Waals surface area contributed by atoms with Crippen molar-refractivity contribution in [3.05, 3.63) is 11.3 Å². The maximum absolute atomic E-state index is 11.6. The Labute approximate surface area is 101 Å². The minimum Gasteiger partial charge on any atom is -0.382 e. The van der Waals surface area contributed by atoms with E-state index >= 15 is 0 Å². The lowest BCUT2D eigenvalue weighted by atomic mass is 9.95. The maximum Gasteiger partial charge on any atom is 0.160 e. The van der Waals surface area contributed by atoms with Crippen molar-refractivity contribution >= 4 is 15.7 Å². The van der Waals surface area contributed by atoms with Crippen molar-refractivity contribution in [1.29, 1.82) is 0 Å². The Bertz CT molecular complexity index is 541. The van der Waals surface area contributed by atoms with Crippen LogP contribution in [0.5, 0.6) is 0 Å². The first kappa shape index (κ1) is 11.1. The molecule has 17 heavy (non-hydrogen) atoms. The molecule has 1 saturated carbocycles. The molecule has 6 heteroatoms. The highest BCUT2D eigenvalue weighted by Gasteiger charge is 2.33. The van der Waals surface area contributed by atoms with Gasteiger partial charge in [-0.25, -0.2) is 8.42 Å². The van der Waals surface area contributed by atoms with Crippen molar-refractivity contribution in [2.75, 3.05) is 5.73 Å². The molecule has 1 aliphatic carbocycles. The van der Waals surface area contributed by atoms with Gasteiger partial charge < -0.3 is 5.73 Å². The molecule has 0 saturated heterocycles. The van der Waals surface area contributed by atoms with Crippen LogP contribution >= 0.6 is 0 Å². The Kier molecular flexibility index (Phi) is 2.43. The molecular weight excluding hydrogens is 238 g/mol. The summed E-state index contributed by atoms with van der Waals surface area (Å²) in [6.07, 6.45) is 5.85. The largest absolute Gasteiger partial charge is 0.382 e. The fourth-order valence-electron chi connectivity index (χ4n) is 2.94. The van der Waals surface area contributed by atoms with E-state index in [9.17, 15) is 8.42 Å². The van der Waals surface area contributed by atoms with E-state index in [4.69, 9.17) is 5.73 Å². The second kappa shape index (κ2) is 3.73. The van der Waals surface area contributed by atoms with E-state index in [1.165, 1.54) is 19.3 Å². The number of hydrogen-bond acceptors (Lipinski definition) is 4. The molecule has 0 spiro atoms. The van der Waals surface area contributed by atoms with Gasteiger partial charge in [0, 0.05) is 5.56 Å². The number of fused-ring (bicyclic) bond motifs is 1. The molecule has 0 aromatic carbocycles. The van der Waals surface area contributed by atoms with Gasteiger partial charge in [0.15, 0.2) is 9.84 Å². The molecule has 1 aliphatic heterocycles. The molecule has 0 radical (unpaired) electrons. The number of sulfone groups is 1. The van der Waals surface area contributed by atoms with Gasteiger partial charge in [0.05, 0.1) is 23.2 Å². The van der Waals surface area contributed by atoms with Crippen LogP contribution < -0.4 is 5.73 Å². The van der Waals surface area contributed by atoms with Gasteiger partial charge in [-0.15, -0.1) is 0 Å². The van der Waals surface area contributed by atoms with Gasteiger partial charge in [0.25, 0.3) is 0 Å². The number of nitrogens with two attached hydrogens (primary N) is 1. The Morgan fingerprint density at radius 1 is 1.18 bits per heavy atom. The van der Waals surface area contributed by atoms with Crippen LogP contribution in [0.25, 0.3) is 0 Å². The Hall–Kier alpha value is -1.04. The highest BCUT2D eigenvalue weighted by molar-refractivity contribution is 7.90. The zero-order chi connectivity index (χ0) is 12.0. The lowest BCUT2D eigenvalue weighted by Crippen LogP contribution is -2.17. The molecule has 2 heterocycles. The van der Waals surface area contributed by atoms with E-state index in [1.807, 2.05) is 4.68 Å².